The molecule has 0 heterocycles. The van der Waals surface area contributed by atoms with E-state index in [0.29, 0.717) is 6.04 Å². The van der Waals surface area contributed by atoms with Gasteiger partial charge in [0.15, 0.2) is 0 Å². The minimum atomic E-state index is -0.114. The van der Waals surface area contributed by atoms with E-state index < -0.39 is 0 Å². The molecule has 1 rings (SSSR count). The smallest absolute Gasteiger partial charge is 0.0613 e. The van der Waals surface area contributed by atoms with Crippen molar-refractivity contribution in [2.75, 3.05) is 40.0 Å². The Morgan fingerprint density at radius 2 is 2.05 bits per heavy atom. The third-order valence-electron chi connectivity index (χ3n) is 4.44. The lowest BCUT2D eigenvalue weighted by Crippen LogP contribution is -2.51. The summed E-state index contributed by atoms with van der Waals surface area (Å²) in [6.07, 6.45) is 5.81. The largest absolute Gasteiger partial charge is 0.394 e. The first kappa shape index (κ1) is 18.9. The lowest BCUT2D eigenvalue weighted by Gasteiger charge is -2.35. The van der Waals surface area contributed by atoms with E-state index in [1.807, 2.05) is 0 Å². The molecular weight excluding hydrogens is 264 g/mol. The Labute approximate surface area is 131 Å². The predicted molar refractivity (Wildman–Crippen MR) is 88.7 cm³/mol. The summed E-state index contributed by atoms with van der Waals surface area (Å²) in [4.78, 5) is 2.33. The second-order valence-corrected chi connectivity index (χ2v) is 7.02. The van der Waals surface area contributed by atoms with Crippen LogP contribution in [0.2, 0.25) is 0 Å². The summed E-state index contributed by atoms with van der Waals surface area (Å²) in [5, 5.41) is 13.3. The molecule has 1 atom stereocenters. The zero-order valence-electron chi connectivity index (χ0n) is 14.5. The number of rotatable bonds is 13. The van der Waals surface area contributed by atoms with Crippen molar-refractivity contribution in [3.8, 4) is 0 Å². The van der Waals surface area contributed by atoms with Crippen molar-refractivity contribution in [1.82, 2.24) is 10.2 Å². The fraction of sp³-hybridized carbons (Fsp3) is 1.00. The number of nitrogens with zero attached hydrogens (tertiary/aromatic N) is 1. The summed E-state index contributed by atoms with van der Waals surface area (Å²) in [5.41, 5.74) is -0.114. The zero-order valence-corrected chi connectivity index (χ0v) is 14.5. The molecule has 21 heavy (non-hydrogen) atoms. The average molecular weight is 300 g/mol. The van der Waals surface area contributed by atoms with Gasteiger partial charge in [-0.2, -0.15) is 0 Å². The van der Waals surface area contributed by atoms with Gasteiger partial charge in [0.2, 0.25) is 0 Å². The predicted octanol–water partition coefficient (Wildman–Crippen LogP) is 2.26. The van der Waals surface area contributed by atoms with Gasteiger partial charge in [0.25, 0.3) is 0 Å². The van der Waals surface area contributed by atoms with Gasteiger partial charge in [0, 0.05) is 24.7 Å². The summed E-state index contributed by atoms with van der Waals surface area (Å²) >= 11 is 0. The van der Waals surface area contributed by atoms with Gasteiger partial charge in [0.05, 0.1) is 13.2 Å². The van der Waals surface area contributed by atoms with Crippen LogP contribution in [0.3, 0.4) is 0 Å². The monoisotopic (exact) mass is 300 g/mol. The Kier molecular flexibility index (Phi) is 8.79. The molecular formula is C17H36N2O2. The summed E-state index contributed by atoms with van der Waals surface area (Å²) in [6.45, 7) is 10.5. The maximum absolute atomic E-state index is 9.73. The van der Waals surface area contributed by atoms with E-state index in [1.165, 1.54) is 12.8 Å². The van der Waals surface area contributed by atoms with E-state index in [1.54, 1.807) is 0 Å². The molecule has 4 nitrogen and oxygen atoms in total. The standard InChI is InChI=1S/C17H36N2O2/c1-5-17(14-20,18-15(2)3)9-6-10-19(4)11-12-21-13-16-7-8-16/h15-16,18,20H,5-14H2,1-4H3. The molecule has 1 fully saturated rings. The van der Waals surface area contributed by atoms with E-state index in [4.69, 9.17) is 4.74 Å². The molecule has 0 aromatic carbocycles. The van der Waals surface area contributed by atoms with Gasteiger partial charge in [-0.05, 0) is 51.6 Å². The third-order valence-corrected chi connectivity index (χ3v) is 4.44. The average Bonchev–Trinajstić information content (AvgIpc) is 3.26. The summed E-state index contributed by atoms with van der Waals surface area (Å²) < 4.78 is 5.68. The van der Waals surface area contributed by atoms with Crippen LogP contribution in [0.15, 0.2) is 0 Å². The Bertz CT molecular complexity index is 264. The van der Waals surface area contributed by atoms with Crippen molar-refractivity contribution >= 4 is 0 Å². The SMILES string of the molecule is CCC(CO)(CCCN(C)CCOCC1CC1)NC(C)C. The molecule has 1 aliphatic rings. The highest BCUT2D eigenvalue weighted by atomic mass is 16.5. The fourth-order valence-electron chi connectivity index (χ4n) is 2.75. The third kappa shape index (κ3) is 8.15. The van der Waals surface area contributed by atoms with Gasteiger partial charge in [-0.1, -0.05) is 20.8 Å². The minimum absolute atomic E-state index is 0.114. The van der Waals surface area contributed by atoms with Crippen molar-refractivity contribution in [2.24, 2.45) is 5.92 Å². The first-order valence-corrected chi connectivity index (χ1v) is 8.66. The Hall–Kier alpha value is -0.160. The van der Waals surface area contributed by atoms with E-state index in [2.05, 4.69) is 38.0 Å². The van der Waals surface area contributed by atoms with Gasteiger partial charge >= 0.3 is 0 Å². The molecule has 2 N–H and O–H groups in total. The van der Waals surface area contributed by atoms with Gasteiger partial charge < -0.3 is 20.1 Å². The number of hydrogen-bond donors (Lipinski definition) is 2. The normalized spacial score (nSPS) is 18.4. The molecule has 0 aromatic heterocycles. The lowest BCUT2D eigenvalue weighted by atomic mass is 9.90. The quantitative estimate of drug-likeness (QED) is 0.512. The first-order chi connectivity index (χ1) is 10.0. The van der Waals surface area contributed by atoms with Crippen molar-refractivity contribution in [2.45, 2.75) is 64.5 Å². The number of aliphatic hydroxyl groups is 1. The van der Waals surface area contributed by atoms with Crippen LogP contribution in [0.4, 0.5) is 0 Å². The number of ether oxygens (including phenoxy) is 1. The fourth-order valence-corrected chi connectivity index (χ4v) is 2.75. The molecule has 0 aliphatic heterocycles. The van der Waals surface area contributed by atoms with Crippen LogP contribution in [0, 0.1) is 5.92 Å². The molecule has 0 radical (unpaired) electrons. The number of likely N-dealkylation sites (N-methyl/N-ethyl adjacent to an activating group) is 1. The zero-order chi connectivity index (χ0) is 15.7. The molecule has 1 saturated carbocycles. The van der Waals surface area contributed by atoms with Crippen LogP contribution in [0.5, 0.6) is 0 Å². The summed E-state index contributed by atoms with van der Waals surface area (Å²) in [5.74, 6) is 0.854. The van der Waals surface area contributed by atoms with Crippen LogP contribution < -0.4 is 5.32 Å². The maximum atomic E-state index is 9.73. The molecule has 0 aromatic rings. The summed E-state index contributed by atoms with van der Waals surface area (Å²) in [6, 6.07) is 0.408. The van der Waals surface area contributed by atoms with E-state index in [0.717, 1.165) is 51.5 Å². The Morgan fingerprint density at radius 1 is 1.33 bits per heavy atom. The maximum Gasteiger partial charge on any atom is 0.0613 e. The van der Waals surface area contributed by atoms with Crippen LogP contribution >= 0.6 is 0 Å². The van der Waals surface area contributed by atoms with Crippen LogP contribution in [0.25, 0.3) is 0 Å². The van der Waals surface area contributed by atoms with Crippen molar-refractivity contribution in [3.05, 3.63) is 0 Å². The van der Waals surface area contributed by atoms with Gasteiger partial charge in [-0.15, -0.1) is 0 Å². The second-order valence-electron chi connectivity index (χ2n) is 7.02. The molecule has 1 unspecified atom stereocenters. The second kappa shape index (κ2) is 9.78. The van der Waals surface area contributed by atoms with E-state index in [9.17, 15) is 5.11 Å². The van der Waals surface area contributed by atoms with Gasteiger partial charge in [0.1, 0.15) is 0 Å². The van der Waals surface area contributed by atoms with E-state index >= 15 is 0 Å². The molecule has 4 heteroatoms. The number of hydrogen-bond acceptors (Lipinski definition) is 4. The lowest BCUT2D eigenvalue weighted by molar-refractivity contribution is 0.0989. The molecule has 126 valence electrons. The molecule has 0 amide bonds. The highest BCUT2D eigenvalue weighted by molar-refractivity contribution is 4.87. The topological polar surface area (TPSA) is 44.7 Å². The van der Waals surface area contributed by atoms with Crippen molar-refractivity contribution in [3.63, 3.8) is 0 Å². The van der Waals surface area contributed by atoms with Crippen LogP contribution in [-0.4, -0.2) is 61.5 Å². The van der Waals surface area contributed by atoms with E-state index in [-0.39, 0.29) is 12.1 Å². The molecule has 0 spiro atoms. The highest BCUT2D eigenvalue weighted by Crippen LogP contribution is 2.28. The van der Waals surface area contributed by atoms with Gasteiger partial charge in [-0.3, -0.25) is 0 Å². The Morgan fingerprint density at radius 3 is 2.57 bits per heavy atom. The minimum Gasteiger partial charge on any atom is -0.394 e. The molecule has 1 aliphatic carbocycles. The highest BCUT2D eigenvalue weighted by Gasteiger charge is 2.27. The number of aliphatic hydroxyl groups excluding tert-OH is 1. The van der Waals surface area contributed by atoms with Crippen molar-refractivity contribution < 1.29 is 9.84 Å². The van der Waals surface area contributed by atoms with Gasteiger partial charge in [-0.25, -0.2) is 0 Å². The van der Waals surface area contributed by atoms with Crippen LogP contribution in [-0.2, 0) is 4.74 Å². The molecule has 0 saturated heterocycles. The first-order valence-electron chi connectivity index (χ1n) is 8.66. The molecule has 0 bridgehead atoms. The van der Waals surface area contributed by atoms with Crippen molar-refractivity contribution in [1.29, 1.82) is 0 Å². The number of nitrogens with one attached hydrogen (secondary N) is 1. The Balaban J connectivity index is 2.12. The van der Waals surface area contributed by atoms with Crippen LogP contribution in [0.1, 0.15) is 52.9 Å². The summed E-state index contributed by atoms with van der Waals surface area (Å²) in [7, 11) is 2.16.